The van der Waals surface area contributed by atoms with Crippen LogP contribution in [0.25, 0.3) is 0 Å². The van der Waals surface area contributed by atoms with Gasteiger partial charge in [-0.15, -0.1) is 0 Å². The summed E-state index contributed by atoms with van der Waals surface area (Å²) < 4.78 is 27.2. The normalized spacial score (nSPS) is 19.3. The van der Waals surface area contributed by atoms with Crippen LogP contribution in [0.2, 0.25) is 0 Å². The van der Waals surface area contributed by atoms with E-state index in [-0.39, 0.29) is 35.4 Å². The molecule has 1 saturated heterocycles. The van der Waals surface area contributed by atoms with E-state index >= 15 is 0 Å². The molecule has 1 spiro atoms. The Bertz CT molecular complexity index is 969. The quantitative estimate of drug-likeness (QED) is 0.795. The fourth-order valence-electron chi connectivity index (χ4n) is 5.15. The van der Waals surface area contributed by atoms with E-state index < -0.39 is 5.82 Å². The van der Waals surface area contributed by atoms with Crippen molar-refractivity contribution in [3.05, 3.63) is 65.0 Å². The number of likely N-dealkylation sites (tertiary alicyclic amines) is 1. The molecule has 1 atom stereocenters. The zero-order valence-corrected chi connectivity index (χ0v) is 17.7. The van der Waals surface area contributed by atoms with Gasteiger partial charge in [0.25, 0.3) is 0 Å². The number of rotatable bonds is 5. The van der Waals surface area contributed by atoms with E-state index in [0.717, 1.165) is 36.6 Å². The van der Waals surface area contributed by atoms with Gasteiger partial charge in [0, 0.05) is 31.7 Å². The third-order valence-electron chi connectivity index (χ3n) is 6.66. The molecule has 1 aliphatic carbocycles. The molecule has 1 aromatic carbocycles. The first-order valence-electron chi connectivity index (χ1n) is 10.8. The zero-order valence-electron chi connectivity index (χ0n) is 17.7. The number of piperidine rings is 1. The molecule has 7 heteroatoms. The van der Waals surface area contributed by atoms with E-state index in [4.69, 9.17) is 0 Å². The second-order valence-electron chi connectivity index (χ2n) is 8.60. The highest BCUT2D eigenvalue weighted by molar-refractivity contribution is 5.79. The Balaban J connectivity index is 1.46. The molecule has 0 unspecified atom stereocenters. The standard InChI is InChI=1S/C24H27F2N3O2/c1-2-27-22(30)11-16-14-24(21-12-17(25)4-6-20(16)21)7-9-29(10-8-24)23(31)13-19-5-3-18(26)15-28-19/h3-6,12,15-16H,2,7-11,13-14H2,1H3,(H,27,30)/t16-/m1/s1. The van der Waals surface area contributed by atoms with Crippen LogP contribution in [0.15, 0.2) is 36.5 Å². The molecule has 0 saturated carbocycles. The van der Waals surface area contributed by atoms with Gasteiger partial charge in [-0.3, -0.25) is 14.6 Å². The van der Waals surface area contributed by atoms with Crippen LogP contribution in [0.4, 0.5) is 8.78 Å². The Hall–Kier alpha value is -2.83. The molecule has 2 heterocycles. The summed E-state index contributed by atoms with van der Waals surface area (Å²) in [5.41, 5.74) is 2.39. The van der Waals surface area contributed by atoms with E-state index in [1.54, 1.807) is 6.07 Å². The van der Waals surface area contributed by atoms with Gasteiger partial charge in [0.05, 0.1) is 12.6 Å². The minimum atomic E-state index is -0.426. The van der Waals surface area contributed by atoms with Crippen molar-refractivity contribution < 1.29 is 18.4 Å². The van der Waals surface area contributed by atoms with Crippen LogP contribution >= 0.6 is 0 Å². The van der Waals surface area contributed by atoms with E-state index in [0.29, 0.717) is 31.7 Å². The predicted octanol–water partition coefficient (Wildman–Crippen LogP) is 3.48. The Kier molecular flexibility index (Phi) is 6.03. The molecule has 2 aromatic rings. The third-order valence-corrected chi connectivity index (χ3v) is 6.66. The van der Waals surface area contributed by atoms with E-state index in [9.17, 15) is 18.4 Å². The SMILES string of the molecule is CCNC(=O)C[C@@H]1CC2(CCN(C(=O)Cc3ccc(F)cn3)CC2)c2cc(F)ccc21. The monoisotopic (exact) mass is 427 g/mol. The molecule has 5 nitrogen and oxygen atoms in total. The fraction of sp³-hybridized carbons (Fsp3) is 0.458. The fourth-order valence-corrected chi connectivity index (χ4v) is 5.15. The summed E-state index contributed by atoms with van der Waals surface area (Å²) in [5.74, 6) is -0.652. The number of nitrogens with one attached hydrogen (secondary N) is 1. The van der Waals surface area contributed by atoms with Crippen LogP contribution in [-0.2, 0) is 21.4 Å². The minimum Gasteiger partial charge on any atom is -0.356 e. The van der Waals surface area contributed by atoms with Crippen molar-refractivity contribution in [2.24, 2.45) is 0 Å². The number of hydrogen-bond donors (Lipinski definition) is 1. The lowest BCUT2D eigenvalue weighted by Crippen LogP contribution is -2.45. The molecule has 4 rings (SSSR count). The first-order chi connectivity index (χ1) is 14.9. The maximum atomic E-state index is 14.1. The average molecular weight is 427 g/mol. The number of benzene rings is 1. The highest BCUT2D eigenvalue weighted by atomic mass is 19.1. The highest BCUT2D eigenvalue weighted by Crippen LogP contribution is 2.52. The van der Waals surface area contributed by atoms with Crippen LogP contribution in [0, 0.1) is 11.6 Å². The van der Waals surface area contributed by atoms with E-state index in [2.05, 4.69) is 10.3 Å². The molecule has 1 aliphatic heterocycles. The maximum Gasteiger partial charge on any atom is 0.228 e. The number of carbonyl (C=O) groups is 2. The molecule has 0 radical (unpaired) electrons. The van der Waals surface area contributed by atoms with Gasteiger partial charge in [0.1, 0.15) is 11.6 Å². The van der Waals surface area contributed by atoms with Gasteiger partial charge in [-0.05, 0) is 72.9 Å². The number of pyridine rings is 1. The van der Waals surface area contributed by atoms with Crippen molar-refractivity contribution >= 4 is 11.8 Å². The lowest BCUT2D eigenvalue weighted by Gasteiger charge is -2.40. The summed E-state index contributed by atoms with van der Waals surface area (Å²) in [6, 6.07) is 7.74. The van der Waals surface area contributed by atoms with Gasteiger partial charge in [-0.1, -0.05) is 6.07 Å². The first-order valence-corrected chi connectivity index (χ1v) is 10.8. The summed E-state index contributed by atoms with van der Waals surface area (Å²) in [6.07, 6.45) is 3.92. The molecular weight excluding hydrogens is 400 g/mol. The Labute approximate surface area is 180 Å². The van der Waals surface area contributed by atoms with Crippen molar-refractivity contribution in [3.8, 4) is 0 Å². The number of halogens is 2. The van der Waals surface area contributed by atoms with Crippen LogP contribution < -0.4 is 5.32 Å². The lowest BCUT2D eigenvalue weighted by molar-refractivity contribution is -0.132. The highest BCUT2D eigenvalue weighted by Gasteiger charge is 2.46. The topological polar surface area (TPSA) is 62.3 Å². The largest absolute Gasteiger partial charge is 0.356 e. The predicted molar refractivity (Wildman–Crippen MR) is 112 cm³/mol. The summed E-state index contributed by atoms with van der Waals surface area (Å²) in [5, 5.41) is 2.86. The zero-order chi connectivity index (χ0) is 22.0. The van der Waals surface area contributed by atoms with Gasteiger partial charge in [0.2, 0.25) is 11.8 Å². The molecule has 1 N–H and O–H groups in total. The number of aromatic nitrogens is 1. The molecule has 31 heavy (non-hydrogen) atoms. The second-order valence-corrected chi connectivity index (χ2v) is 8.60. The summed E-state index contributed by atoms with van der Waals surface area (Å²) >= 11 is 0. The Morgan fingerprint density at radius 1 is 1.16 bits per heavy atom. The number of carbonyl (C=O) groups excluding carboxylic acids is 2. The van der Waals surface area contributed by atoms with Gasteiger partial charge in [0.15, 0.2) is 0 Å². The molecule has 1 fully saturated rings. The van der Waals surface area contributed by atoms with Crippen molar-refractivity contribution in [2.75, 3.05) is 19.6 Å². The van der Waals surface area contributed by atoms with Crippen LogP contribution in [0.5, 0.6) is 0 Å². The van der Waals surface area contributed by atoms with Gasteiger partial charge in [-0.2, -0.15) is 0 Å². The first kappa shape index (κ1) is 21.4. The van der Waals surface area contributed by atoms with Crippen LogP contribution in [-0.4, -0.2) is 41.3 Å². The lowest BCUT2D eigenvalue weighted by atomic mass is 9.73. The van der Waals surface area contributed by atoms with E-state index in [1.165, 1.54) is 18.2 Å². The van der Waals surface area contributed by atoms with Gasteiger partial charge < -0.3 is 10.2 Å². The Morgan fingerprint density at radius 3 is 2.58 bits per heavy atom. The van der Waals surface area contributed by atoms with Crippen LogP contribution in [0.3, 0.4) is 0 Å². The molecule has 2 amide bonds. The van der Waals surface area contributed by atoms with Crippen molar-refractivity contribution in [3.63, 3.8) is 0 Å². The molecule has 0 bridgehead atoms. The number of nitrogens with zero attached hydrogens (tertiary/aromatic N) is 2. The summed E-state index contributed by atoms with van der Waals surface area (Å²) in [4.78, 5) is 30.7. The summed E-state index contributed by atoms with van der Waals surface area (Å²) in [6.45, 7) is 3.63. The van der Waals surface area contributed by atoms with Gasteiger partial charge in [-0.25, -0.2) is 8.78 Å². The minimum absolute atomic E-state index is 0.0132. The van der Waals surface area contributed by atoms with Crippen molar-refractivity contribution in [2.45, 2.75) is 50.4 Å². The Morgan fingerprint density at radius 2 is 1.90 bits per heavy atom. The third kappa shape index (κ3) is 4.45. The number of amides is 2. The van der Waals surface area contributed by atoms with Gasteiger partial charge >= 0.3 is 0 Å². The second kappa shape index (κ2) is 8.73. The maximum absolute atomic E-state index is 14.1. The smallest absolute Gasteiger partial charge is 0.228 e. The van der Waals surface area contributed by atoms with Crippen molar-refractivity contribution in [1.82, 2.24) is 15.2 Å². The molecular formula is C24H27F2N3O2. The van der Waals surface area contributed by atoms with Crippen LogP contribution in [0.1, 0.15) is 55.3 Å². The molecule has 1 aromatic heterocycles. The summed E-state index contributed by atoms with van der Waals surface area (Å²) in [7, 11) is 0. The molecule has 164 valence electrons. The van der Waals surface area contributed by atoms with Crippen molar-refractivity contribution in [1.29, 1.82) is 0 Å². The molecule has 2 aliphatic rings. The van der Waals surface area contributed by atoms with E-state index in [1.807, 2.05) is 17.9 Å². The number of fused-ring (bicyclic) bond motifs is 2. The average Bonchev–Trinajstić information content (AvgIpc) is 3.02. The number of hydrogen-bond acceptors (Lipinski definition) is 3.